The second-order valence-electron chi connectivity index (χ2n) is 11.2. The lowest BCUT2D eigenvalue weighted by molar-refractivity contribution is -0.144. The van der Waals surface area contributed by atoms with Crippen molar-refractivity contribution in [2.75, 3.05) is 13.1 Å². The van der Waals surface area contributed by atoms with Gasteiger partial charge in [-0.15, -0.1) is 5.10 Å². The maximum Gasteiger partial charge on any atom is 0.248 e. The van der Waals surface area contributed by atoms with E-state index in [0.29, 0.717) is 18.9 Å². The number of β-amino-alcohol motifs (C(OH)–C–C–N with tert-alkyl or cyclic N) is 1. The summed E-state index contributed by atoms with van der Waals surface area (Å²) in [7, 11) is 0. The Labute approximate surface area is 210 Å². The van der Waals surface area contributed by atoms with Gasteiger partial charge in [-0.05, 0) is 37.3 Å². The molecule has 0 spiro atoms. The summed E-state index contributed by atoms with van der Waals surface area (Å²) in [6.45, 7) is 8.48. The molecule has 0 unspecified atom stereocenters. The highest BCUT2D eigenvalue weighted by Crippen LogP contribution is 2.40. The SMILES string of the molecule is Cc1cccc2nc(CCNC(=O)[C@@H]3C[C@@H](O)CN3C(=O)[C@@H](n3cc(C4CC4)nn3)C(C)(C)C)cn12. The first-order valence-electron chi connectivity index (χ1n) is 12.7. The number of aliphatic hydroxyl groups is 1. The van der Waals surface area contributed by atoms with Crippen LogP contribution in [-0.2, 0) is 16.0 Å². The number of pyridine rings is 1. The second kappa shape index (κ2) is 9.31. The maximum atomic E-state index is 13.8. The van der Waals surface area contributed by atoms with Crippen LogP contribution in [0.2, 0.25) is 0 Å². The molecule has 1 saturated heterocycles. The average molecular weight is 494 g/mol. The maximum absolute atomic E-state index is 13.8. The van der Waals surface area contributed by atoms with Crippen molar-refractivity contribution >= 4 is 17.5 Å². The van der Waals surface area contributed by atoms with Crippen LogP contribution >= 0.6 is 0 Å². The van der Waals surface area contributed by atoms with E-state index in [1.54, 1.807) is 4.68 Å². The lowest BCUT2D eigenvalue weighted by Crippen LogP contribution is -2.50. The highest BCUT2D eigenvalue weighted by molar-refractivity contribution is 5.90. The molecule has 192 valence electrons. The van der Waals surface area contributed by atoms with E-state index < -0.39 is 23.6 Å². The number of aryl methyl sites for hydroxylation is 1. The molecule has 2 N–H and O–H groups in total. The molecule has 2 amide bonds. The highest BCUT2D eigenvalue weighted by atomic mass is 16.3. The number of nitrogens with one attached hydrogen (secondary N) is 1. The Morgan fingerprint density at radius 2 is 2.00 bits per heavy atom. The molecule has 4 heterocycles. The van der Waals surface area contributed by atoms with Crippen LogP contribution in [0.25, 0.3) is 5.65 Å². The van der Waals surface area contributed by atoms with Crippen LogP contribution < -0.4 is 5.32 Å². The molecule has 2 fully saturated rings. The highest BCUT2D eigenvalue weighted by Gasteiger charge is 2.45. The number of aromatic nitrogens is 5. The summed E-state index contributed by atoms with van der Waals surface area (Å²) in [6.07, 6.45) is 6.09. The molecule has 1 aliphatic heterocycles. The number of imidazole rings is 1. The summed E-state index contributed by atoms with van der Waals surface area (Å²) in [6, 6.07) is 4.59. The van der Waals surface area contributed by atoms with Gasteiger partial charge in [-0.1, -0.05) is 32.1 Å². The van der Waals surface area contributed by atoms with Gasteiger partial charge >= 0.3 is 0 Å². The molecular weight excluding hydrogens is 458 g/mol. The van der Waals surface area contributed by atoms with Crippen molar-refractivity contribution < 1.29 is 14.7 Å². The zero-order valence-corrected chi connectivity index (χ0v) is 21.4. The number of hydrogen-bond donors (Lipinski definition) is 2. The lowest BCUT2D eigenvalue weighted by atomic mass is 9.85. The third-order valence-electron chi connectivity index (χ3n) is 7.13. The Morgan fingerprint density at radius 1 is 1.22 bits per heavy atom. The van der Waals surface area contributed by atoms with Gasteiger partial charge in [-0.2, -0.15) is 0 Å². The summed E-state index contributed by atoms with van der Waals surface area (Å²) < 4.78 is 3.66. The largest absolute Gasteiger partial charge is 0.391 e. The molecule has 2 aliphatic rings. The minimum atomic E-state index is -0.746. The van der Waals surface area contributed by atoms with E-state index in [9.17, 15) is 14.7 Å². The van der Waals surface area contributed by atoms with Crippen LogP contribution in [-0.4, -0.2) is 71.4 Å². The Morgan fingerprint density at radius 3 is 2.69 bits per heavy atom. The Balaban J connectivity index is 1.27. The smallest absolute Gasteiger partial charge is 0.248 e. The Hall–Kier alpha value is -3.27. The minimum absolute atomic E-state index is 0.124. The van der Waals surface area contributed by atoms with Crippen molar-refractivity contribution in [3.05, 3.63) is 47.7 Å². The monoisotopic (exact) mass is 493 g/mol. The molecular formula is C26H35N7O3. The van der Waals surface area contributed by atoms with E-state index in [0.717, 1.165) is 35.6 Å². The van der Waals surface area contributed by atoms with Gasteiger partial charge in [-0.25, -0.2) is 9.67 Å². The van der Waals surface area contributed by atoms with E-state index in [4.69, 9.17) is 0 Å². The average Bonchev–Trinajstić information content (AvgIpc) is 3.21. The van der Waals surface area contributed by atoms with Gasteiger partial charge in [0.25, 0.3) is 0 Å². The van der Waals surface area contributed by atoms with Crippen molar-refractivity contribution in [2.24, 2.45) is 5.41 Å². The number of rotatable bonds is 7. The van der Waals surface area contributed by atoms with Crippen LogP contribution in [0.1, 0.15) is 69.1 Å². The number of amides is 2. The van der Waals surface area contributed by atoms with E-state index >= 15 is 0 Å². The summed E-state index contributed by atoms with van der Waals surface area (Å²) >= 11 is 0. The fraction of sp³-hybridized carbons (Fsp3) is 0.577. The Bertz CT molecular complexity index is 1270. The van der Waals surface area contributed by atoms with Crippen LogP contribution in [0.5, 0.6) is 0 Å². The number of carbonyl (C=O) groups is 2. The molecule has 3 aromatic heterocycles. The predicted molar refractivity (Wildman–Crippen MR) is 133 cm³/mol. The van der Waals surface area contributed by atoms with Crippen LogP contribution in [0, 0.1) is 12.3 Å². The summed E-state index contributed by atoms with van der Waals surface area (Å²) in [5.74, 6) is -0.0505. The van der Waals surface area contributed by atoms with Gasteiger partial charge in [0.05, 0.1) is 17.5 Å². The van der Waals surface area contributed by atoms with Gasteiger partial charge < -0.3 is 19.7 Å². The molecule has 3 atom stereocenters. The number of aliphatic hydroxyl groups excluding tert-OH is 1. The normalized spacial score (nSPS) is 21.2. The van der Waals surface area contributed by atoms with Crippen molar-refractivity contribution in [2.45, 2.75) is 77.5 Å². The van der Waals surface area contributed by atoms with Crippen molar-refractivity contribution in [1.29, 1.82) is 0 Å². The number of carbonyl (C=O) groups excluding carboxylic acids is 2. The van der Waals surface area contributed by atoms with Gasteiger partial charge in [-0.3, -0.25) is 9.59 Å². The fourth-order valence-electron chi connectivity index (χ4n) is 5.08. The summed E-state index contributed by atoms with van der Waals surface area (Å²) in [5, 5.41) is 21.9. The molecule has 3 aromatic rings. The number of fused-ring (bicyclic) bond motifs is 1. The molecule has 1 saturated carbocycles. The summed E-state index contributed by atoms with van der Waals surface area (Å²) in [4.78, 5) is 33.1. The van der Waals surface area contributed by atoms with E-state index in [-0.39, 0.29) is 24.8 Å². The molecule has 0 radical (unpaired) electrons. The van der Waals surface area contributed by atoms with Crippen LogP contribution in [0.3, 0.4) is 0 Å². The second-order valence-corrected chi connectivity index (χ2v) is 11.2. The number of nitrogens with zero attached hydrogens (tertiary/aromatic N) is 6. The first kappa shape index (κ1) is 24.4. The van der Waals surface area contributed by atoms with E-state index in [1.165, 1.54) is 4.90 Å². The zero-order valence-electron chi connectivity index (χ0n) is 21.4. The standard InChI is InChI=1S/C26H35N7O3/c1-16-6-5-7-22-28-18(13-31(16)22)10-11-27-24(35)21-12-19(34)14-32(21)25(36)23(26(2,3)4)33-15-20(29-30-33)17-8-9-17/h5-7,13,15,17,19,21,23,34H,8-12,14H2,1-4H3,(H,27,35)/t19-,21+,23-/m1/s1. The third kappa shape index (κ3) is 4.86. The first-order chi connectivity index (χ1) is 17.1. The third-order valence-corrected chi connectivity index (χ3v) is 7.13. The number of likely N-dealkylation sites (tertiary alicyclic amines) is 1. The van der Waals surface area contributed by atoms with Crippen LogP contribution in [0.4, 0.5) is 0 Å². The number of hydrogen-bond acceptors (Lipinski definition) is 6. The summed E-state index contributed by atoms with van der Waals surface area (Å²) in [5.41, 5.74) is 3.30. The minimum Gasteiger partial charge on any atom is -0.391 e. The van der Waals surface area contributed by atoms with Gasteiger partial charge in [0.1, 0.15) is 17.7 Å². The van der Waals surface area contributed by atoms with Crippen LogP contribution in [0.15, 0.2) is 30.6 Å². The zero-order chi connectivity index (χ0) is 25.6. The van der Waals surface area contributed by atoms with Crippen molar-refractivity contribution in [1.82, 2.24) is 34.6 Å². The van der Waals surface area contributed by atoms with Gasteiger partial charge in [0, 0.05) is 49.9 Å². The Kier molecular flexibility index (Phi) is 6.32. The fourth-order valence-corrected chi connectivity index (χ4v) is 5.08. The van der Waals surface area contributed by atoms with E-state index in [2.05, 4.69) is 20.6 Å². The van der Waals surface area contributed by atoms with Crippen molar-refractivity contribution in [3.8, 4) is 0 Å². The topological polar surface area (TPSA) is 118 Å². The molecule has 0 bridgehead atoms. The van der Waals surface area contributed by atoms with Gasteiger partial charge in [0.2, 0.25) is 11.8 Å². The molecule has 1 aliphatic carbocycles. The molecule has 5 rings (SSSR count). The van der Waals surface area contributed by atoms with Crippen molar-refractivity contribution in [3.63, 3.8) is 0 Å². The molecule has 10 nitrogen and oxygen atoms in total. The molecule has 36 heavy (non-hydrogen) atoms. The lowest BCUT2D eigenvalue weighted by Gasteiger charge is -2.34. The van der Waals surface area contributed by atoms with Gasteiger partial charge in [0.15, 0.2) is 0 Å². The molecule has 10 heteroatoms. The predicted octanol–water partition coefficient (Wildman–Crippen LogP) is 2.02. The van der Waals surface area contributed by atoms with E-state index in [1.807, 2.05) is 62.7 Å². The quantitative estimate of drug-likeness (QED) is 0.520. The first-order valence-corrected chi connectivity index (χ1v) is 12.7. The molecule has 0 aromatic carbocycles.